The van der Waals surface area contributed by atoms with Crippen molar-refractivity contribution in [2.24, 2.45) is 29.2 Å². The molecule has 2 atom stereocenters. The highest BCUT2D eigenvalue weighted by Gasteiger charge is 2.40. The van der Waals surface area contributed by atoms with Gasteiger partial charge in [0.1, 0.15) is 0 Å². The number of urea groups is 1. The Morgan fingerprint density at radius 1 is 1.04 bits per heavy atom. The van der Waals surface area contributed by atoms with Gasteiger partial charge in [0.25, 0.3) is 0 Å². The quantitative estimate of drug-likeness (QED) is 0.686. The van der Waals surface area contributed by atoms with Crippen LogP contribution in [0.25, 0.3) is 0 Å². The molecule has 0 heterocycles. The number of amides is 3. The van der Waals surface area contributed by atoms with Crippen LogP contribution in [0, 0.1) is 17.8 Å². The van der Waals surface area contributed by atoms with Crippen LogP contribution in [0.1, 0.15) is 32.1 Å². The maximum absolute atomic E-state index is 12.6. The second kappa shape index (κ2) is 6.58. The summed E-state index contributed by atoms with van der Waals surface area (Å²) in [5, 5.41) is 5.46. The Morgan fingerprint density at radius 2 is 1.65 bits per heavy atom. The third-order valence-electron chi connectivity index (χ3n) is 5.18. The number of anilines is 2. The van der Waals surface area contributed by atoms with Crippen LogP contribution in [-0.2, 0) is 4.79 Å². The molecule has 2 saturated carbocycles. The van der Waals surface area contributed by atoms with Gasteiger partial charge in [-0.05, 0) is 55.7 Å². The molecule has 3 rings (SSSR count). The van der Waals surface area contributed by atoms with Gasteiger partial charge in [-0.1, -0.05) is 12.5 Å². The van der Waals surface area contributed by atoms with Crippen LogP contribution in [0.2, 0.25) is 0 Å². The Morgan fingerprint density at radius 3 is 2.26 bits per heavy atom. The minimum atomic E-state index is -0.623. The molecule has 1 aromatic carbocycles. The van der Waals surface area contributed by atoms with E-state index in [1.54, 1.807) is 24.3 Å². The maximum Gasteiger partial charge on any atom is 0.316 e. The molecule has 6 heteroatoms. The lowest BCUT2D eigenvalue weighted by Crippen LogP contribution is -2.48. The Bertz CT molecular complexity index is 590. The number of benzene rings is 1. The van der Waals surface area contributed by atoms with Crippen molar-refractivity contribution >= 4 is 23.3 Å². The molecular weight excluding hydrogens is 292 g/mol. The first-order chi connectivity index (χ1) is 11.0. The zero-order valence-corrected chi connectivity index (χ0v) is 13.1. The number of nitrogens with one attached hydrogen (secondary N) is 2. The van der Waals surface area contributed by atoms with Crippen LogP contribution in [0.5, 0.6) is 0 Å². The average Bonchev–Trinajstić information content (AvgIpc) is 2.46. The van der Waals surface area contributed by atoms with E-state index < -0.39 is 6.03 Å². The molecule has 0 aromatic heterocycles. The summed E-state index contributed by atoms with van der Waals surface area (Å²) in [5.41, 5.74) is 12.6. The van der Waals surface area contributed by atoms with E-state index in [1.165, 1.54) is 6.42 Å². The van der Waals surface area contributed by atoms with Gasteiger partial charge in [0, 0.05) is 23.3 Å². The number of carbonyl (C=O) groups excluding carboxylic acids is 2. The van der Waals surface area contributed by atoms with Gasteiger partial charge in [-0.25, -0.2) is 4.79 Å². The fourth-order valence-corrected chi connectivity index (χ4v) is 4.06. The van der Waals surface area contributed by atoms with Crippen molar-refractivity contribution in [3.05, 3.63) is 24.3 Å². The molecule has 6 N–H and O–H groups in total. The van der Waals surface area contributed by atoms with Crippen LogP contribution in [-0.4, -0.2) is 18.0 Å². The van der Waals surface area contributed by atoms with Gasteiger partial charge in [-0.2, -0.15) is 0 Å². The summed E-state index contributed by atoms with van der Waals surface area (Å²) >= 11 is 0. The van der Waals surface area contributed by atoms with Gasteiger partial charge < -0.3 is 22.1 Å². The summed E-state index contributed by atoms with van der Waals surface area (Å²) in [6, 6.07) is 6.65. The van der Waals surface area contributed by atoms with E-state index in [0.29, 0.717) is 23.2 Å². The lowest BCUT2D eigenvalue weighted by Gasteiger charge is -2.43. The zero-order chi connectivity index (χ0) is 16.4. The summed E-state index contributed by atoms with van der Waals surface area (Å²) in [6.07, 6.45) is 5.27. The molecule has 0 aliphatic heterocycles. The van der Waals surface area contributed by atoms with Gasteiger partial charge >= 0.3 is 6.03 Å². The van der Waals surface area contributed by atoms with Gasteiger partial charge in [-0.3, -0.25) is 4.79 Å². The lowest BCUT2D eigenvalue weighted by molar-refractivity contribution is -0.122. The van der Waals surface area contributed by atoms with Crippen molar-refractivity contribution in [2.75, 3.05) is 10.6 Å². The lowest BCUT2D eigenvalue weighted by atomic mass is 9.65. The molecule has 124 valence electrons. The predicted molar refractivity (Wildman–Crippen MR) is 89.8 cm³/mol. The minimum Gasteiger partial charge on any atom is -0.351 e. The standard InChI is InChI=1S/C17H24N4O2/c18-15-10-3-1-4-11(15)8-12(7-10)16(22)20-13-5-2-6-14(9-13)21-17(19)23/h2,5-6,9-12,15H,1,3-4,7-8,18H2,(H,20,22)(H3,19,21,23). The number of nitrogens with two attached hydrogens (primary N) is 2. The van der Waals surface area contributed by atoms with Crippen LogP contribution in [0.3, 0.4) is 0 Å². The molecule has 1 aromatic rings. The van der Waals surface area contributed by atoms with E-state index in [0.717, 1.165) is 25.7 Å². The molecule has 2 aliphatic carbocycles. The third-order valence-corrected chi connectivity index (χ3v) is 5.18. The number of rotatable bonds is 3. The van der Waals surface area contributed by atoms with Crippen molar-refractivity contribution in [1.82, 2.24) is 0 Å². The first-order valence-electron chi connectivity index (χ1n) is 8.26. The van der Waals surface area contributed by atoms with E-state index in [2.05, 4.69) is 10.6 Å². The molecule has 2 unspecified atom stereocenters. The van der Waals surface area contributed by atoms with Gasteiger partial charge in [0.15, 0.2) is 0 Å². The number of carbonyl (C=O) groups is 2. The van der Waals surface area contributed by atoms with E-state index in [-0.39, 0.29) is 17.9 Å². The van der Waals surface area contributed by atoms with E-state index in [1.807, 2.05) is 0 Å². The average molecular weight is 316 g/mol. The second-order valence-corrected chi connectivity index (χ2v) is 6.76. The molecule has 23 heavy (non-hydrogen) atoms. The summed E-state index contributed by atoms with van der Waals surface area (Å²) in [6.45, 7) is 0. The Kier molecular flexibility index (Phi) is 4.52. The maximum atomic E-state index is 12.6. The second-order valence-electron chi connectivity index (χ2n) is 6.76. The number of hydrogen-bond acceptors (Lipinski definition) is 3. The largest absolute Gasteiger partial charge is 0.351 e. The topological polar surface area (TPSA) is 110 Å². The fraction of sp³-hybridized carbons (Fsp3) is 0.529. The van der Waals surface area contributed by atoms with Crippen LogP contribution >= 0.6 is 0 Å². The summed E-state index contributed by atoms with van der Waals surface area (Å²) < 4.78 is 0. The third kappa shape index (κ3) is 3.64. The van der Waals surface area contributed by atoms with Crippen LogP contribution < -0.4 is 22.1 Å². The van der Waals surface area contributed by atoms with Gasteiger partial charge in [0.05, 0.1) is 0 Å². The molecular formula is C17H24N4O2. The highest BCUT2D eigenvalue weighted by atomic mass is 16.2. The highest BCUT2D eigenvalue weighted by molar-refractivity contribution is 5.94. The fourth-order valence-electron chi connectivity index (χ4n) is 4.06. The SMILES string of the molecule is NC(=O)Nc1cccc(NC(=O)C2CC3CCCC(C2)C3N)c1. The first kappa shape index (κ1) is 15.8. The van der Waals surface area contributed by atoms with Gasteiger partial charge in [-0.15, -0.1) is 0 Å². The molecule has 2 fully saturated rings. The van der Waals surface area contributed by atoms with Crippen molar-refractivity contribution in [3.8, 4) is 0 Å². The molecule has 6 nitrogen and oxygen atoms in total. The Balaban J connectivity index is 1.64. The predicted octanol–water partition coefficient (Wildman–Crippen LogP) is 2.27. The number of fused-ring (bicyclic) bond motifs is 2. The van der Waals surface area contributed by atoms with Crippen molar-refractivity contribution in [3.63, 3.8) is 0 Å². The summed E-state index contributed by atoms with van der Waals surface area (Å²) in [5.74, 6) is 1.02. The van der Waals surface area contributed by atoms with E-state index in [4.69, 9.17) is 11.5 Å². The van der Waals surface area contributed by atoms with Crippen molar-refractivity contribution < 1.29 is 9.59 Å². The molecule has 3 amide bonds. The molecule has 2 bridgehead atoms. The molecule has 2 aliphatic rings. The Hall–Kier alpha value is -2.08. The van der Waals surface area contributed by atoms with Crippen molar-refractivity contribution in [1.29, 1.82) is 0 Å². The van der Waals surface area contributed by atoms with E-state index in [9.17, 15) is 9.59 Å². The summed E-state index contributed by atoms with van der Waals surface area (Å²) in [4.78, 5) is 23.5. The zero-order valence-electron chi connectivity index (χ0n) is 13.1. The molecule has 0 saturated heterocycles. The number of hydrogen-bond donors (Lipinski definition) is 4. The van der Waals surface area contributed by atoms with Crippen LogP contribution in [0.4, 0.5) is 16.2 Å². The Labute approximate surface area is 136 Å². The van der Waals surface area contributed by atoms with Crippen molar-refractivity contribution in [2.45, 2.75) is 38.1 Å². The highest BCUT2D eigenvalue weighted by Crippen LogP contribution is 2.42. The molecule has 0 radical (unpaired) electrons. The summed E-state index contributed by atoms with van der Waals surface area (Å²) in [7, 11) is 0. The number of primary amides is 1. The molecule has 0 spiro atoms. The van der Waals surface area contributed by atoms with Crippen LogP contribution in [0.15, 0.2) is 24.3 Å². The first-order valence-corrected chi connectivity index (χ1v) is 8.26. The normalized spacial score (nSPS) is 29.6. The van der Waals surface area contributed by atoms with Gasteiger partial charge in [0.2, 0.25) is 5.91 Å². The minimum absolute atomic E-state index is 0.0258. The monoisotopic (exact) mass is 316 g/mol. The van der Waals surface area contributed by atoms with E-state index >= 15 is 0 Å². The smallest absolute Gasteiger partial charge is 0.316 e.